The molecule has 1 fully saturated rings. The maximum Gasteiger partial charge on any atom is 0.111 e. The van der Waals surface area contributed by atoms with Crippen LogP contribution in [0.3, 0.4) is 0 Å². The lowest BCUT2D eigenvalue weighted by Gasteiger charge is -2.45. The highest BCUT2D eigenvalue weighted by molar-refractivity contribution is 5.88. The first-order valence-corrected chi connectivity index (χ1v) is 9.92. The Kier molecular flexibility index (Phi) is 3.71. The second-order valence-corrected chi connectivity index (χ2v) is 8.60. The van der Waals surface area contributed by atoms with E-state index in [9.17, 15) is 0 Å². The summed E-state index contributed by atoms with van der Waals surface area (Å²) in [6, 6.07) is 7.43. The number of hydrogen-bond donors (Lipinski definition) is 1. The Morgan fingerprint density at radius 1 is 1.31 bits per heavy atom. The number of aromatic amines is 1. The van der Waals surface area contributed by atoms with Gasteiger partial charge in [0.15, 0.2) is 0 Å². The molecule has 26 heavy (non-hydrogen) atoms. The van der Waals surface area contributed by atoms with Gasteiger partial charge in [0.1, 0.15) is 5.82 Å². The van der Waals surface area contributed by atoms with Crippen LogP contribution < -0.4 is 0 Å². The second-order valence-electron chi connectivity index (χ2n) is 8.60. The van der Waals surface area contributed by atoms with E-state index < -0.39 is 0 Å². The predicted octanol–water partition coefficient (Wildman–Crippen LogP) is 4.15. The van der Waals surface area contributed by atoms with Crippen molar-refractivity contribution in [3.05, 3.63) is 53.7 Å². The molecule has 0 amide bonds. The molecule has 4 nitrogen and oxygen atoms in total. The van der Waals surface area contributed by atoms with Crippen LogP contribution in [0.15, 0.2) is 36.8 Å². The molecule has 1 unspecified atom stereocenters. The van der Waals surface area contributed by atoms with Gasteiger partial charge in [-0.1, -0.05) is 26.0 Å². The third-order valence-electron chi connectivity index (χ3n) is 6.53. The third kappa shape index (κ3) is 2.43. The molecule has 3 atom stereocenters. The first-order chi connectivity index (χ1) is 12.6. The number of aromatic nitrogens is 3. The molecule has 3 heterocycles. The maximum atomic E-state index is 4.58. The van der Waals surface area contributed by atoms with Gasteiger partial charge in [-0.15, -0.1) is 0 Å². The number of imidazole rings is 1. The summed E-state index contributed by atoms with van der Waals surface area (Å²) in [4.78, 5) is 10.7. The van der Waals surface area contributed by atoms with Crippen LogP contribution in [0.1, 0.15) is 49.1 Å². The highest BCUT2D eigenvalue weighted by Gasteiger charge is 2.39. The van der Waals surface area contributed by atoms with Crippen molar-refractivity contribution in [1.82, 2.24) is 19.4 Å². The van der Waals surface area contributed by atoms with Crippen molar-refractivity contribution in [3.63, 3.8) is 0 Å². The van der Waals surface area contributed by atoms with Gasteiger partial charge >= 0.3 is 0 Å². The van der Waals surface area contributed by atoms with Gasteiger partial charge in [-0.25, -0.2) is 4.98 Å². The lowest BCUT2D eigenvalue weighted by Crippen LogP contribution is -2.48. The topological polar surface area (TPSA) is 36.9 Å². The average Bonchev–Trinajstić information content (AvgIpc) is 3.24. The number of nitrogens with zero attached hydrogens (tertiary/aromatic N) is 3. The molecule has 3 aromatic rings. The van der Waals surface area contributed by atoms with Gasteiger partial charge in [0.2, 0.25) is 0 Å². The molecule has 4 heteroatoms. The quantitative estimate of drug-likeness (QED) is 0.772. The Morgan fingerprint density at radius 3 is 3.04 bits per heavy atom. The first kappa shape index (κ1) is 16.1. The van der Waals surface area contributed by atoms with Gasteiger partial charge in [0.25, 0.3) is 0 Å². The van der Waals surface area contributed by atoms with E-state index in [0.717, 1.165) is 6.54 Å². The van der Waals surface area contributed by atoms with Gasteiger partial charge in [-0.3, -0.25) is 0 Å². The number of likely N-dealkylation sites (tertiary alicyclic amines) is 1. The van der Waals surface area contributed by atoms with Crippen molar-refractivity contribution < 1.29 is 0 Å². The van der Waals surface area contributed by atoms with E-state index in [-0.39, 0.29) is 0 Å². The van der Waals surface area contributed by atoms with Gasteiger partial charge in [0, 0.05) is 60.5 Å². The average molecular weight is 348 g/mol. The van der Waals surface area contributed by atoms with Crippen LogP contribution in [0.5, 0.6) is 0 Å². The summed E-state index contributed by atoms with van der Waals surface area (Å²) in [5, 5.41) is 1.49. The highest BCUT2D eigenvalue weighted by Crippen LogP contribution is 2.44. The van der Waals surface area contributed by atoms with Crippen LogP contribution in [-0.4, -0.2) is 39.1 Å². The van der Waals surface area contributed by atoms with E-state index in [0.29, 0.717) is 23.8 Å². The summed E-state index contributed by atoms with van der Waals surface area (Å²) in [5.74, 6) is 3.00. The highest BCUT2D eigenvalue weighted by atomic mass is 15.2. The van der Waals surface area contributed by atoms with Crippen molar-refractivity contribution in [1.29, 1.82) is 0 Å². The Balaban J connectivity index is 1.47. The number of benzene rings is 1. The van der Waals surface area contributed by atoms with Crippen LogP contribution in [0.2, 0.25) is 0 Å². The molecule has 1 N–H and O–H groups in total. The van der Waals surface area contributed by atoms with E-state index >= 15 is 0 Å². The fourth-order valence-electron chi connectivity index (χ4n) is 5.44. The van der Waals surface area contributed by atoms with E-state index in [1.165, 1.54) is 41.7 Å². The van der Waals surface area contributed by atoms with E-state index in [1.807, 2.05) is 6.20 Å². The van der Waals surface area contributed by atoms with Gasteiger partial charge < -0.3 is 14.5 Å². The van der Waals surface area contributed by atoms with Gasteiger partial charge in [-0.05, 0) is 43.0 Å². The number of hydrogen-bond acceptors (Lipinski definition) is 2. The van der Waals surface area contributed by atoms with Crippen molar-refractivity contribution in [2.45, 2.75) is 51.1 Å². The molecule has 1 saturated heterocycles. The van der Waals surface area contributed by atoms with Crippen LogP contribution in [-0.2, 0) is 13.0 Å². The number of H-pyrrole nitrogens is 1. The lowest BCUT2D eigenvalue weighted by molar-refractivity contribution is 0.103. The standard InChI is InChI=1S/C22H28N4/c1-14(2)22-23-7-8-26(22)13-15-9-18-17-5-4-6-19-21(17)16(11-24-19)10-20(18)25(3)12-15/h4-8,11,14-15,18,20,24H,9-10,12-13H2,1-3H3/t15?,18-,20-/m1/s1. The molecule has 5 rings (SSSR count). The van der Waals surface area contributed by atoms with E-state index in [1.54, 1.807) is 5.56 Å². The van der Waals surface area contributed by atoms with Crippen LogP contribution in [0.25, 0.3) is 10.9 Å². The first-order valence-electron chi connectivity index (χ1n) is 9.92. The third-order valence-corrected chi connectivity index (χ3v) is 6.53. The molecule has 0 saturated carbocycles. The van der Waals surface area contributed by atoms with E-state index in [4.69, 9.17) is 0 Å². The summed E-state index contributed by atoms with van der Waals surface area (Å²) in [5.41, 5.74) is 4.36. The molecule has 1 aliphatic carbocycles. The van der Waals surface area contributed by atoms with E-state index in [2.05, 4.69) is 70.9 Å². The fourth-order valence-corrected chi connectivity index (χ4v) is 5.44. The SMILES string of the molecule is CC(C)c1nccn1CC1C[C@@H]2c3cccc4[nH]cc(c34)C[C@H]2N(C)C1. The van der Waals surface area contributed by atoms with Crippen molar-refractivity contribution >= 4 is 10.9 Å². The maximum absolute atomic E-state index is 4.58. The van der Waals surface area contributed by atoms with Crippen molar-refractivity contribution in [3.8, 4) is 0 Å². The monoisotopic (exact) mass is 348 g/mol. The Labute approximate surface area is 155 Å². The zero-order valence-corrected chi connectivity index (χ0v) is 15.9. The number of rotatable bonds is 3. The molecule has 0 radical (unpaired) electrons. The lowest BCUT2D eigenvalue weighted by atomic mass is 9.72. The normalized spacial score (nSPS) is 25.8. The zero-order chi connectivity index (χ0) is 17.8. The molecule has 0 bridgehead atoms. The summed E-state index contributed by atoms with van der Waals surface area (Å²) in [6.45, 7) is 6.72. The minimum absolute atomic E-state index is 0.477. The molecular weight excluding hydrogens is 320 g/mol. The molecule has 136 valence electrons. The summed E-state index contributed by atoms with van der Waals surface area (Å²) >= 11 is 0. The molecule has 1 aromatic carbocycles. The summed E-state index contributed by atoms with van der Waals surface area (Å²) < 4.78 is 2.38. The Hall–Kier alpha value is -2.07. The number of likely N-dealkylation sites (N-methyl/N-ethyl adjacent to an activating group) is 1. The number of nitrogens with one attached hydrogen (secondary N) is 1. The summed E-state index contributed by atoms with van der Waals surface area (Å²) in [7, 11) is 2.32. The largest absolute Gasteiger partial charge is 0.361 e. The van der Waals surface area contributed by atoms with Crippen LogP contribution >= 0.6 is 0 Å². The molecular formula is C22H28N4. The van der Waals surface area contributed by atoms with Crippen molar-refractivity contribution in [2.75, 3.05) is 13.6 Å². The Morgan fingerprint density at radius 2 is 2.19 bits per heavy atom. The molecule has 2 aliphatic rings. The van der Waals surface area contributed by atoms with Gasteiger partial charge in [-0.2, -0.15) is 0 Å². The zero-order valence-electron chi connectivity index (χ0n) is 15.9. The number of fused-ring (bicyclic) bond motifs is 2. The minimum atomic E-state index is 0.477. The van der Waals surface area contributed by atoms with Gasteiger partial charge in [0.05, 0.1) is 0 Å². The predicted molar refractivity (Wildman–Crippen MR) is 106 cm³/mol. The van der Waals surface area contributed by atoms with Crippen LogP contribution in [0.4, 0.5) is 0 Å². The van der Waals surface area contributed by atoms with Crippen LogP contribution in [0, 0.1) is 5.92 Å². The molecule has 0 spiro atoms. The minimum Gasteiger partial charge on any atom is -0.361 e. The summed E-state index contributed by atoms with van der Waals surface area (Å²) in [6.07, 6.45) is 8.79. The second kappa shape index (κ2) is 5.98. The molecule has 1 aliphatic heterocycles. The van der Waals surface area contributed by atoms with Crippen molar-refractivity contribution in [2.24, 2.45) is 5.92 Å². The Bertz CT molecular complexity index is 935. The number of piperidine rings is 1. The fraction of sp³-hybridized carbons (Fsp3) is 0.500. The smallest absolute Gasteiger partial charge is 0.111 e. The molecule has 2 aromatic heterocycles.